The van der Waals surface area contributed by atoms with Crippen molar-refractivity contribution in [2.75, 3.05) is 40.9 Å². The zero-order valence-electron chi connectivity index (χ0n) is 46.5. The van der Waals surface area contributed by atoms with Gasteiger partial charge in [-0.3, -0.25) is 14.2 Å². The molecule has 0 bridgehead atoms. The summed E-state index contributed by atoms with van der Waals surface area (Å²) in [6.45, 7) is 6.70. The van der Waals surface area contributed by atoms with Gasteiger partial charge in [0.15, 0.2) is 0 Å². The Morgan fingerprint density at radius 1 is 0.514 bits per heavy atom. The standard InChI is InChI=1S/C60H111N2O7P/c1-7-10-13-16-19-22-25-28-30-31-32-34-37-40-43-46-49-52-59(63)61-57(56-68-70(65,66)67-55-54-62(4,5)6)58(51-48-45-42-39-36-33-27-24-21-18-15-12-9-3)69-60(64)53-50-47-44-41-38-35-29-26-23-20-17-14-11-8-2/h11,14,19-20,22-23,28,30,48,51,57-58H,7-10,12-13,15-18,21,24-27,29,31-47,49-50,52-56H2,1-6H3,(H-,61,63,65,66)/b14-11+,22-19-,23-20+,30-28-,51-48+. The van der Waals surface area contributed by atoms with E-state index >= 15 is 0 Å². The van der Waals surface area contributed by atoms with E-state index in [1.807, 2.05) is 33.3 Å². The molecule has 10 heteroatoms. The summed E-state index contributed by atoms with van der Waals surface area (Å²) in [5.41, 5.74) is 0. The van der Waals surface area contributed by atoms with Crippen molar-refractivity contribution < 1.29 is 37.3 Å². The van der Waals surface area contributed by atoms with E-state index in [9.17, 15) is 19.0 Å². The predicted octanol–water partition coefficient (Wildman–Crippen LogP) is 16.9. The maximum atomic E-state index is 13.5. The van der Waals surface area contributed by atoms with Crippen molar-refractivity contribution in [3.63, 3.8) is 0 Å². The van der Waals surface area contributed by atoms with E-state index in [4.69, 9.17) is 13.8 Å². The second-order valence-corrected chi connectivity index (χ2v) is 22.2. The molecule has 3 unspecified atom stereocenters. The number of ether oxygens (including phenoxy) is 1. The molecule has 0 saturated heterocycles. The Morgan fingerprint density at radius 2 is 0.914 bits per heavy atom. The van der Waals surface area contributed by atoms with Crippen molar-refractivity contribution in [1.29, 1.82) is 0 Å². The van der Waals surface area contributed by atoms with Crippen LogP contribution in [0.4, 0.5) is 0 Å². The Kier molecular flexibility index (Phi) is 48.6. The molecule has 0 rings (SSSR count). The fourth-order valence-electron chi connectivity index (χ4n) is 8.18. The quantitative estimate of drug-likeness (QED) is 0.0212. The van der Waals surface area contributed by atoms with Gasteiger partial charge in [-0.1, -0.05) is 217 Å². The van der Waals surface area contributed by atoms with Crippen LogP contribution >= 0.6 is 7.82 Å². The monoisotopic (exact) mass is 1000 g/mol. The Bertz CT molecular complexity index is 1390. The average molecular weight is 1000 g/mol. The minimum Gasteiger partial charge on any atom is -0.756 e. The van der Waals surface area contributed by atoms with Crippen LogP contribution in [0.5, 0.6) is 0 Å². The first-order valence-electron chi connectivity index (χ1n) is 29.1. The summed E-state index contributed by atoms with van der Waals surface area (Å²) in [5, 5.41) is 3.02. The number of rotatable bonds is 52. The first kappa shape index (κ1) is 67.7. The summed E-state index contributed by atoms with van der Waals surface area (Å²) < 4.78 is 30.2. The third kappa shape index (κ3) is 50.6. The number of amides is 1. The Morgan fingerprint density at radius 3 is 1.39 bits per heavy atom. The molecule has 0 aromatic heterocycles. The molecule has 9 nitrogen and oxygen atoms in total. The number of esters is 1. The van der Waals surface area contributed by atoms with E-state index in [0.29, 0.717) is 17.4 Å². The normalized spacial score (nSPS) is 14.2. The number of nitrogens with one attached hydrogen (secondary N) is 1. The molecule has 0 spiro atoms. The van der Waals surface area contributed by atoms with Gasteiger partial charge in [0.1, 0.15) is 19.3 Å². The number of quaternary nitrogens is 1. The number of likely N-dealkylation sites (N-methyl/N-ethyl adjacent to an activating group) is 1. The number of phosphoric acid groups is 1. The number of hydrogen-bond donors (Lipinski definition) is 1. The van der Waals surface area contributed by atoms with Crippen molar-refractivity contribution in [3.8, 4) is 0 Å². The fourth-order valence-corrected chi connectivity index (χ4v) is 8.90. The lowest BCUT2D eigenvalue weighted by Gasteiger charge is -2.30. The molecule has 0 aliphatic rings. The number of unbranched alkanes of at least 4 members (excludes halogenated alkanes) is 28. The van der Waals surface area contributed by atoms with Crippen LogP contribution in [0.2, 0.25) is 0 Å². The second kappa shape index (κ2) is 50.3. The number of carbonyl (C=O) groups is 2. The molecule has 0 aromatic carbocycles. The number of hydrogen-bond acceptors (Lipinski definition) is 7. The second-order valence-electron chi connectivity index (χ2n) is 20.8. The van der Waals surface area contributed by atoms with Crippen LogP contribution in [0.3, 0.4) is 0 Å². The summed E-state index contributed by atoms with van der Waals surface area (Å²) >= 11 is 0. The molecule has 0 fully saturated rings. The lowest BCUT2D eigenvalue weighted by Crippen LogP contribution is -2.47. The molecule has 0 aliphatic carbocycles. The molecule has 0 heterocycles. The molecule has 3 atom stereocenters. The summed E-state index contributed by atoms with van der Waals surface area (Å²) in [4.78, 5) is 39.9. The molecule has 1 amide bonds. The van der Waals surface area contributed by atoms with E-state index in [1.54, 1.807) is 0 Å². The van der Waals surface area contributed by atoms with Gasteiger partial charge in [0.25, 0.3) is 7.82 Å². The highest BCUT2D eigenvalue weighted by molar-refractivity contribution is 7.45. The smallest absolute Gasteiger partial charge is 0.306 e. The first-order valence-corrected chi connectivity index (χ1v) is 30.6. The predicted molar refractivity (Wildman–Crippen MR) is 298 cm³/mol. The van der Waals surface area contributed by atoms with E-state index in [1.165, 1.54) is 122 Å². The highest BCUT2D eigenvalue weighted by Crippen LogP contribution is 2.38. The number of phosphoric ester groups is 1. The van der Waals surface area contributed by atoms with Gasteiger partial charge in [0.2, 0.25) is 5.91 Å². The maximum Gasteiger partial charge on any atom is 0.306 e. The van der Waals surface area contributed by atoms with Gasteiger partial charge in [-0.05, 0) is 89.5 Å². The van der Waals surface area contributed by atoms with E-state index in [-0.39, 0.29) is 24.9 Å². The molecule has 0 saturated carbocycles. The van der Waals surface area contributed by atoms with Crippen LogP contribution in [0.25, 0.3) is 0 Å². The Hall–Kier alpha value is -2.29. The zero-order valence-corrected chi connectivity index (χ0v) is 47.4. The Labute approximate surface area is 432 Å². The summed E-state index contributed by atoms with van der Waals surface area (Å²) in [6.07, 6.45) is 61.8. The molecule has 0 aliphatic heterocycles. The zero-order chi connectivity index (χ0) is 51.5. The van der Waals surface area contributed by atoms with Crippen LogP contribution in [0.1, 0.15) is 258 Å². The first-order chi connectivity index (χ1) is 33.9. The van der Waals surface area contributed by atoms with Crippen molar-refractivity contribution >= 4 is 19.7 Å². The van der Waals surface area contributed by atoms with E-state index < -0.39 is 26.6 Å². The molecule has 0 radical (unpaired) electrons. The highest BCUT2D eigenvalue weighted by atomic mass is 31.2. The fraction of sp³-hybridized carbons (Fsp3) is 0.800. The molecule has 408 valence electrons. The number of allylic oxidation sites excluding steroid dienone is 9. The largest absolute Gasteiger partial charge is 0.756 e. The van der Waals surface area contributed by atoms with Gasteiger partial charge in [-0.15, -0.1) is 0 Å². The molecule has 0 aromatic rings. The molecule has 1 N–H and O–H groups in total. The van der Waals surface area contributed by atoms with Gasteiger partial charge >= 0.3 is 5.97 Å². The maximum absolute atomic E-state index is 13.5. The van der Waals surface area contributed by atoms with Crippen LogP contribution in [-0.2, 0) is 27.9 Å². The lowest BCUT2D eigenvalue weighted by molar-refractivity contribution is -0.870. The minimum atomic E-state index is -4.70. The van der Waals surface area contributed by atoms with Crippen molar-refractivity contribution in [2.24, 2.45) is 0 Å². The van der Waals surface area contributed by atoms with E-state index in [2.05, 4.69) is 74.7 Å². The topological polar surface area (TPSA) is 114 Å². The van der Waals surface area contributed by atoms with Crippen molar-refractivity contribution in [3.05, 3.63) is 60.8 Å². The van der Waals surface area contributed by atoms with Gasteiger partial charge < -0.3 is 28.5 Å². The van der Waals surface area contributed by atoms with Crippen LogP contribution in [0, 0.1) is 0 Å². The van der Waals surface area contributed by atoms with Crippen LogP contribution in [0.15, 0.2) is 60.8 Å². The molecule has 70 heavy (non-hydrogen) atoms. The van der Waals surface area contributed by atoms with Crippen LogP contribution < -0.4 is 10.2 Å². The van der Waals surface area contributed by atoms with Crippen molar-refractivity contribution in [2.45, 2.75) is 270 Å². The average Bonchev–Trinajstić information content (AvgIpc) is 3.32. The lowest BCUT2D eigenvalue weighted by atomic mass is 10.0. The molecular weight excluding hydrogens is 892 g/mol. The Balaban J connectivity index is 5.37. The van der Waals surface area contributed by atoms with Gasteiger partial charge in [0, 0.05) is 12.8 Å². The summed E-state index contributed by atoms with van der Waals surface area (Å²) in [7, 11) is 1.17. The SMILES string of the molecule is CC/C=C/C/C=C/CCCCCCCCCC(=O)OC(/C=C/CCCCCCCCCCCCC)C(COP(=O)([O-])OCC[N+](C)(C)C)NC(=O)CCCCCCCCC/C=C\C/C=C\CCCCC. The van der Waals surface area contributed by atoms with Gasteiger partial charge in [-0.2, -0.15) is 0 Å². The third-order valence-corrected chi connectivity index (χ3v) is 13.6. The number of carbonyl (C=O) groups excluding carboxylic acids is 2. The summed E-state index contributed by atoms with van der Waals surface area (Å²) in [6, 6.07) is -0.896. The van der Waals surface area contributed by atoms with Gasteiger partial charge in [-0.25, -0.2) is 0 Å². The van der Waals surface area contributed by atoms with Gasteiger partial charge in [0.05, 0.1) is 33.8 Å². The number of nitrogens with zero attached hydrogens (tertiary/aromatic N) is 1. The van der Waals surface area contributed by atoms with Crippen LogP contribution in [-0.4, -0.2) is 69.4 Å². The molecular formula is C60H111N2O7P. The summed E-state index contributed by atoms with van der Waals surface area (Å²) in [5.74, 6) is -0.558. The third-order valence-electron chi connectivity index (χ3n) is 12.7. The van der Waals surface area contributed by atoms with E-state index in [0.717, 1.165) is 103 Å². The highest BCUT2D eigenvalue weighted by Gasteiger charge is 2.27. The minimum absolute atomic E-state index is 0.0265. The van der Waals surface area contributed by atoms with Crippen molar-refractivity contribution in [1.82, 2.24) is 5.32 Å².